The highest BCUT2D eigenvalue weighted by Gasteiger charge is 2.34. The van der Waals surface area contributed by atoms with Crippen LogP contribution in [0.3, 0.4) is 0 Å². The first kappa shape index (κ1) is 17.9. The van der Waals surface area contributed by atoms with Gasteiger partial charge in [-0.3, -0.25) is 4.79 Å². The molecule has 2 aliphatic rings. The van der Waals surface area contributed by atoms with Gasteiger partial charge in [0.15, 0.2) is 0 Å². The Balaban J connectivity index is 1.77. The number of ether oxygens (including phenoxy) is 1. The molecule has 7 heteroatoms. The number of aromatic nitrogens is 1. The lowest BCUT2D eigenvalue weighted by Crippen LogP contribution is -2.35. The molecule has 4 nitrogen and oxygen atoms in total. The minimum Gasteiger partial charge on any atom is -0.492 e. The average molecular weight is 369 g/mol. The molecule has 0 aromatic carbocycles. The minimum absolute atomic E-state index is 0.0610. The summed E-state index contributed by atoms with van der Waals surface area (Å²) in [6.07, 6.45) is 2.22. The lowest BCUT2D eigenvalue weighted by atomic mass is 9.93. The summed E-state index contributed by atoms with van der Waals surface area (Å²) in [5.74, 6) is 0.536. The fraction of sp³-hybridized carbons (Fsp3) is 0.444. The summed E-state index contributed by atoms with van der Waals surface area (Å²) >= 11 is 6.10. The van der Waals surface area contributed by atoms with Gasteiger partial charge in [0, 0.05) is 23.7 Å². The fourth-order valence-electron chi connectivity index (χ4n) is 3.29. The van der Waals surface area contributed by atoms with Crippen molar-refractivity contribution in [1.82, 2.24) is 9.88 Å². The number of amides is 1. The summed E-state index contributed by atoms with van der Waals surface area (Å²) in [5, 5.41) is 0.358. The van der Waals surface area contributed by atoms with Gasteiger partial charge in [-0.2, -0.15) is 0 Å². The summed E-state index contributed by atoms with van der Waals surface area (Å²) in [5.41, 5.74) is 3.26. The number of carbonyl (C=O) groups excluding carboxylic acids is 1. The van der Waals surface area contributed by atoms with Gasteiger partial charge >= 0.3 is 0 Å². The third-order valence-electron chi connectivity index (χ3n) is 4.69. The van der Waals surface area contributed by atoms with E-state index < -0.39 is 13.0 Å². The highest BCUT2D eigenvalue weighted by Crippen LogP contribution is 2.34. The quantitative estimate of drug-likeness (QED) is 0.725. The van der Waals surface area contributed by atoms with E-state index in [9.17, 15) is 13.6 Å². The molecule has 0 bridgehead atoms. The predicted molar refractivity (Wildman–Crippen MR) is 90.6 cm³/mol. The van der Waals surface area contributed by atoms with E-state index >= 15 is 0 Å². The Kier molecular flexibility index (Phi) is 5.08. The van der Waals surface area contributed by atoms with Crippen LogP contribution in [0.5, 0.6) is 0 Å². The van der Waals surface area contributed by atoms with Crippen molar-refractivity contribution < 1.29 is 18.3 Å². The summed E-state index contributed by atoms with van der Waals surface area (Å²) < 4.78 is 29.8. The fourth-order valence-corrected chi connectivity index (χ4v) is 3.51. The Labute approximate surface area is 150 Å². The lowest BCUT2D eigenvalue weighted by molar-refractivity contribution is 0.0447. The zero-order valence-electron chi connectivity index (χ0n) is 14.1. The maximum atomic E-state index is 12.6. The maximum Gasteiger partial charge on any atom is 0.272 e. The molecule has 0 saturated heterocycles. The van der Waals surface area contributed by atoms with Crippen molar-refractivity contribution in [1.29, 1.82) is 0 Å². The number of rotatable bonds is 5. The van der Waals surface area contributed by atoms with Gasteiger partial charge in [-0.15, -0.1) is 0 Å². The molecule has 1 aliphatic heterocycles. The van der Waals surface area contributed by atoms with Crippen molar-refractivity contribution in [3.63, 3.8) is 0 Å². The molecule has 3 rings (SSSR count). The molecule has 1 aromatic rings. The van der Waals surface area contributed by atoms with Crippen LogP contribution in [0.1, 0.15) is 42.6 Å². The van der Waals surface area contributed by atoms with E-state index in [0.717, 1.165) is 16.7 Å². The number of allylic oxidation sites excluding steroid dienone is 3. The number of pyridine rings is 1. The number of nitrogens with zero attached hydrogens (tertiary/aromatic N) is 2. The Hall–Kier alpha value is -1.95. The molecule has 0 N–H and O–H groups in total. The molecule has 0 radical (unpaired) electrons. The van der Waals surface area contributed by atoms with Gasteiger partial charge in [-0.1, -0.05) is 17.7 Å². The molecular weight excluding hydrogens is 350 g/mol. The van der Waals surface area contributed by atoms with Crippen molar-refractivity contribution in [2.75, 3.05) is 6.61 Å². The summed E-state index contributed by atoms with van der Waals surface area (Å²) in [6, 6.07) is 1.58. The molecule has 0 saturated carbocycles. The van der Waals surface area contributed by atoms with Crippen LogP contribution in [0.25, 0.3) is 0 Å². The van der Waals surface area contributed by atoms with Crippen LogP contribution >= 0.6 is 11.6 Å². The van der Waals surface area contributed by atoms with Gasteiger partial charge in [0.2, 0.25) is 0 Å². The number of halogens is 3. The topological polar surface area (TPSA) is 42.4 Å². The molecule has 1 amide bonds. The highest BCUT2D eigenvalue weighted by molar-refractivity contribution is 6.30. The second-order valence-corrected chi connectivity index (χ2v) is 6.62. The molecule has 2 heterocycles. The molecule has 1 aromatic heterocycles. The number of hydrogen-bond donors (Lipinski definition) is 0. The standard InChI is InChI=1S/C18H19ClF2N2O2/c1-10-7-12(3-4-15(10)25-9-16(20)21)11(2)23-8-14-13(18(23)24)5-6-22-17(14)19/h5-7,11,16H,3-4,8-9H2,1-2H3. The van der Waals surface area contributed by atoms with E-state index in [2.05, 4.69) is 4.98 Å². The summed E-state index contributed by atoms with van der Waals surface area (Å²) in [6.45, 7) is 3.65. The zero-order chi connectivity index (χ0) is 18.1. The van der Waals surface area contributed by atoms with Gasteiger partial charge < -0.3 is 9.64 Å². The molecule has 1 atom stereocenters. The van der Waals surface area contributed by atoms with Crippen LogP contribution in [-0.2, 0) is 11.3 Å². The van der Waals surface area contributed by atoms with Crippen LogP contribution < -0.4 is 0 Å². The Morgan fingerprint density at radius 3 is 2.80 bits per heavy atom. The first-order valence-electron chi connectivity index (χ1n) is 8.14. The van der Waals surface area contributed by atoms with Crippen molar-refractivity contribution in [3.8, 4) is 0 Å². The molecule has 1 aliphatic carbocycles. The van der Waals surface area contributed by atoms with Crippen molar-refractivity contribution in [2.45, 2.75) is 45.7 Å². The van der Waals surface area contributed by atoms with Crippen molar-refractivity contribution >= 4 is 17.5 Å². The van der Waals surface area contributed by atoms with Gasteiger partial charge in [0.05, 0.1) is 18.3 Å². The van der Waals surface area contributed by atoms with Crippen LogP contribution in [0.15, 0.2) is 35.2 Å². The summed E-state index contributed by atoms with van der Waals surface area (Å²) in [4.78, 5) is 18.4. The Bertz CT molecular complexity index is 761. The van der Waals surface area contributed by atoms with Gasteiger partial charge in [-0.05, 0) is 37.5 Å². The average Bonchev–Trinajstić information content (AvgIpc) is 2.91. The largest absolute Gasteiger partial charge is 0.492 e. The summed E-state index contributed by atoms with van der Waals surface area (Å²) in [7, 11) is 0. The Morgan fingerprint density at radius 1 is 1.40 bits per heavy atom. The van der Waals surface area contributed by atoms with E-state index in [-0.39, 0.29) is 11.9 Å². The van der Waals surface area contributed by atoms with E-state index in [1.54, 1.807) is 11.0 Å². The second-order valence-electron chi connectivity index (χ2n) is 6.26. The number of carbonyl (C=O) groups is 1. The molecule has 134 valence electrons. The number of alkyl halides is 2. The number of hydrogen-bond acceptors (Lipinski definition) is 3. The van der Waals surface area contributed by atoms with Gasteiger partial charge in [-0.25, -0.2) is 13.8 Å². The van der Waals surface area contributed by atoms with E-state index in [0.29, 0.717) is 35.9 Å². The first-order valence-corrected chi connectivity index (χ1v) is 8.51. The zero-order valence-corrected chi connectivity index (χ0v) is 14.8. The number of fused-ring (bicyclic) bond motifs is 1. The van der Waals surface area contributed by atoms with Crippen LogP contribution in [0.2, 0.25) is 5.15 Å². The third kappa shape index (κ3) is 3.54. The molecular formula is C18H19ClF2N2O2. The molecule has 0 fully saturated rings. The first-order chi connectivity index (χ1) is 11.9. The molecule has 1 unspecified atom stereocenters. The molecule has 25 heavy (non-hydrogen) atoms. The van der Waals surface area contributed by atoms with Gasteiger partial charge in [0.25, 0.3) is 12.3 Å². The van der Waals surface area contributed by atoms with Gasteiger partial charge in [0.1, 0.15) is 11.8 Å². The smallest absolute Gasteiger partial charge is 0.272 e. The van der Waals surface area contributed by atoms with E-state index in [4.69, 9.17) is 16.3 Å². The maximum absolute atomic E-state index is 12.6. The van der Waals surface area contributed by atoms with E-state index in [1.807, 2.05) is 19.9 Å². The molecule has 0 spiro atoms. The normalized spacial score (nSPS) is 18.6. The lowest BCUT2D eigenvalue weighted by Gasteiger charge is -2.29. The van der Waals surface area contributed by atoms with Crippen molar-refractivity contribution in [3.05, 3.63) is 51.5 Å². The third-order valence-corrected chi connectivity index (χ3v) is 5.02. The monoisotopic (exact) mass is 368 g/mol. The Morgan fingerprint density at radius 2 is 2.16 bits per heavy atom. The second kappa shape index (κ2) is 7.12. The van der Waals surface area contributed by atoms with Crippen molar-refractivity contribution in [2.24, 2.45) is 0 Å². The van der Waals surface area contributed by atoms with Crippen LogP contribution in [-0.4, -0.2) is 34.9 Å². The highest BCUT2D eigenvalue weighted by atomic mass is 35.5. The SMILES string of the molecule is CC1=C(OCC(F)F)CCC(C(C)N2Cc3c(ccnc3Cl)C2=O)=C1. The minimum atomic E-state index is -2.48. The van der Waals surface area contributed by atoms with Crippen LogP contribution in [0.4, 0.5) is 8.78 Å². The van der Waals surface area contributed by atoms with E-state index in [1.165, 1.54) is 6.20 Å². The van der Waals surface area contributed by atoms with Crippen LogP contribution in [0, 0.1) is 0 Å². The predicted octanol–water partition coefficient (Wildman–Crippen LogP) is 4.36.